The fraction of sp³-hybridized carbons (Fsp3) is 0.320. The van der Waals surface area contributed by atoms with Crippen molar-refractivity contribution in [2.45, 2.75) is 37.5 Å². The summed E-state index contributed by atoms with van der Waals surface area (Å²) < 4.78 is 55.1. The number of nitrogens with zero attached hydrogens (tertiary/aromatic N) is 6. The van der Waals surface area contributed by atoms with Crippen molar-refractivity contribution in [2.24, 2.45) is 0 Å². The summed E-state index contributed by atoms with van der Waals surface area (Å²) in [5, 5.41) is 19.0. The first-order valence-electron chi connectivity index (χ1n) is 21.9. The lowest BCUT2D eigenvalue weighted by molar-refractivity contribution is -0.225. The van der Waals surface area contributed by atoms with E-state index in [2.05, 4.69) is 24.3 Å². The minimum atomic E-state index is -0.608. The van der Waals surface area contributed by atoms with Crippen molar-refractivity contribution in [3.05, 3.63) is 146 Å². The van der Waals surface area contributed by atoms with Gasteiger partial charge in [0.15, 0.2) is 11.5 Å². The number of rotatable bonds is 8. The SMILES string of the molecule is c1ccc(-c2nnn(C[C@H]3OCCOCCOc4ccccc4OCCOCCO[C@H](Cn4nnc(-c5ccccc5)c4-c4ccccc4)[C@H]4OCCO[C@@H]43)c2-c2ccccc2)cc1. The molecule has 0 radical (unpaired) electrons. The van der Waals surface area contributed by atoms with Crippen LogP contribution < -0.4 is 9.47 Å². The second-order valence-corrected chi connectivity index (χ2v) is 15.3. The molecule has 0 spiro atoms. The molecular formula is C50H52N6O8. The van der Waals surface area contributed by atoms with Crippen molar-refractivity contribution in [1.29, 1.82) is 0 Å². The quantitative estimate of drug-likeness (QED) is 0.152. The van der Waals surface area contributed by atoms with Crippen LogP contribution in [0, 0.1) is 0 Å². The van der Waals surface area contributed by atoms with Crippen LogP contribution in [0.25, 0.3) is 45.0 Å². The van der Waals surface area contributed by atoms with Crippen molar-refractivity contribution >= 4 is 0 Å². The molecule has 0 unspecified atom stereocenters. The Hall–Kier alpha value is -6.26. The number of hydrogen-bond acceptors (Lipinski definition) is 12. The largest absolute Gasteiger partial charge is 0.487 e. The molecule has 1 fully saturated rings. The molecule has 0 bridgehead atoms. The Bertz CT molecular complexity index is 2300. The third-order valence-corrected chi connectivity index (χ3v) is 11.1. The van der Waals surface area contributed by atoms with Gasteiger partial charge in [-0.1, -0.05) is 144 Å². The van der Waals surface area contributed by atoms with Gasteiger partial charge >= 0.3 is 0 Å². The Balaban J connectivity index is 1.06. The molecule has 330 valence electrons. The molecule has 2 aromatic heterocycles. The van der Waals surface area contributed by atoms with E-state index in [9.17, 15) is 0 Å². The van der Waals surface area contributed by atoms with Crippen molar-refractivity contribution in [1.82, 2.24) is 30.0 Å². The van der Waals surface area contributed by atoms with Gasteiger partial charge in [0.1, 0.15) is 49.0 Å². The average molecular weight is 865 g/mol. The summed E-state index contributed by atoms with van der Waals surface area (Å²) in [5.41, 5.74) is 7.11. The molecule has 2 aliphatic rings. The number of aromatic nitrogens is 6. The maximum atomic E-state index is 6.82. The van der Waals surface area contributed by atoms with E-state index in [1.165, 1.54) is 0 Å². The minimum absolute atomic E-state index is 0.263. The van der Waals surface area contributed by atoms with Gasteiger partial charge in [-0.05, 0) is 12.1 Å². The Morgan fingerprint density at radius 1 is 0.375 bits per heavy atom. The molecule has 1 saturated heterocycles. The average Bonchev–Trinajstić information content (AvgIpc) is 3.98. The van der Waals surface area contributed by atoms with Crippen LogP contribution in [0.4, 0.5) is 0 Å². The predicted molar refractivity (Wildman–Crippen MR) is 240 cm³/mol. The standard InChI is InChI=1S/C50H52N6O8/c1-5-15-37(16-6-1)45-47(39-19-9-3-10-20-39)55(53-51-45)35-43-49-50(64-34-33-63-49)44(36-56-48(40-21-11-4-12-22-40)46(52-54-56)38-17-7-2-8-18-38)62-32-28-58-26-30-60-42-24-14-13-23-41(42)59-29-25-57-27-31-61-43/h1-24,43-44,49-50H,25-36H2/t43-,44-,49-,50-/m1/s1. The lowest BCUT2D eigenvalue weighted by atomic mass is 9.99. The highest BCUT2D eigenvalue weighted by Crippen LogP contribution is 2.34. The summed E-state index contributed by atoms with van der Waals surface area (Å²) >= 11 is 0. The topological polar surface area (TPSA) is 135 Å². The van der Waals surface area contributed by atoms with Crippen molar-refractivity contribution in [3.8, 4) is 56.5 Å². The number of fused-ring (bicyclic) bond motifs is 2. The smallest absolute Gasteiger partial charge is 0.161 e. The van der Waals surface area contributed by atoms with Crippen molar-refractivity contribution in [2.75, 3.05) is 66.1 Å². The highest BCUT2D eigenvalue weighted by Gasteiger charge is 2.42. The summed E-state index contributed by atoms with van der Waals surface area (Å²) in [6, 6.07) is 48.1. The molecule has 4 heterocycles. The number of ether oxygens (including phenoxy) is 8. The lowest BCUT2D eigenvalue weighted by Crippen LogP contribution is -2.55. The molecular weight excluding hydrogens is 813 g/mol. The molecule has 0 saturated carbocycles. The fourth-order valence-corrected chi connectivity index (χ4v) is 8.10. The zero-order valence-corrected chi connectivity index (χ0v) is 35.6. The molecule has 2 aliphatic heterocycles. The first kappa shape index (κ1) is 43.0. The number of para-hydroxylation sites is 2. The first-order valence-corrected chi connectivity index (χ1v) is 21.9. The Morgan fingerprint density at radius 2 is 0.719 bits per heavy atom. The Morgan fingerprint density at radius 3 is 1.12 bits per heavy atom. The van der Waals surface area contributed by atoms with Gasteiger partial charge in [0, 0.05) is 22.3 Å². The zero-order chi connectivity index (χ0) is 43.2. The molecule has 9 rings (SSSR count). The predicted octanol–water partition coefficient (Wildman–Crippen LogP) is 7.30. The molecule has 7 aromatic rings. The zero-order valence-electron chi connectivity index (χ0n) is 35.6. The van der Waals surface area contributed by atoms with Crippen LogP contribution >= 0.6 is 0 Å². The van der Waals surface area contributed by atoms with Crippen LogP contribution in [0.1, 0.15) is 0 Å². The van der Waals surface area contributed by atoms with Crippen LogP contribution in [0.2, 0.25) is 0 Å². The van der Waals surface area contributed by atoms with Crippen LogP contribution in [0.5, 0.6) is 11.5 Å². The second-order valence-electron chi connectivity index (χ2n) is 15.3. The molecule has 5 aromatic carbocycles. The van der Waals surface area contributed by atoms with E-state index in [1.807, 2.05) is 131 Å². The molecule has 14 heteroatoms. The molecule has 64 heavy (non-hydrogen) atoms. The molecule has 4 atom stereocenters. The van der Waals surface area contributed by atoms with E-state index in [0.717, 1.165) is 45.0 Å². The third kappa shape index (κ3) is 10.6. The monoisotopic (exact) mass is 864 g/mol. The maximum Gasteiger partial charge on any atom is 0.161 e. The third-order valence-electron chi connectivity index (χ3n) is 11.1. The molecule has 0 aliphatic carbocycles. The minimum Gasteiger partial charge on any atom is -0.487 e. The fourth-order valence-electron chi connectivity index (χ4n) is 8.10. The van der Waals surface area contributed by atoms with Crippen LogP contribution in [0.3, 0.4) is 0 Å². The van der Waals surface area contributed by atoms with Crippen molar-refractivity contribution in [3.63, 3.8) is 0 Å². The van der Waals surface area contributed by atoms with Gasteiger partial charge in [-0.15, -0.1) is 10.2 Å². The van der Waals surface area contributed by atoms with Gasteiger partial charge in [0.05, 0.1) is 77.3 Å². The Kier molecular flexibility index (Phi) is 14.7. The van der Waals surface area contributed by atoms with E-state index in [4.69, 9.17) is 58.5 Å². The van der Waals surface area contributed by atoms with Crippen LogP contribution in [-0.2, 0) is 41.5 Å². The summed E-state index contributed by atoms with van der Waals surface area (Å²) in [7, 11) is 0. The van der Waals surface area contributed by atoms with E-state index in [1.54, 1.807) is 0 Å². The van der Waals surface area contributed by atoms with E-state index < -0.39 is 24.4 Å². The van der Waals surface area contributed by atoms with Gasteiger partial charge in [-0.3, -0.25) is 0 Å². The Labute approximate surface area is 372 Å². The van der Waals surface area contributed by atoms with E-state index >= 15 is 0 Å². The van der Waals surface area contributed by atoms with Gasteiger partial charge < -0.3 is 37.9 Å². The lowest BCUT2D eigenvalue weighted by Gasteiger charge is -2.40. The van der Waals surface area contributed by atoms with Gasteiger partial charge in [-0.25, -0.2) is 9.36 Å². The number of benzene rings is 5. The van der Waals surface area contributed by atoms with Crippen LogP contribution in [-0.4, -0.2) is 120 Å². The normalized spacial score (nSPS) is 20.5. The maximum absolute atomic E-state index is 6.82. The highest BCUT2D eigenvalue weighted by molar-refractivity contribution is 5.79. The summed E-state index contributed by atoms with van der Waals surface area (Å²) in [4.78, 5) is 0. The molecule has 0 amide bonds. The van der Waals surface area contributed by atoms with E-state index in [-0.39, 0.29) is 13.2 Å². The first-order chi connectivity index (χ1) is 31.8. The molecule has 14 nitrogen and oxygen atoms in total. The summed E-state index contributed by atoms with van der Waals surface area (Å²) in [5.74, 6) is 1.28. The van der Waals surface area contributed by atoms with Crippen molar-refractivity contribution < 1.29 is 37.9 Å². The van der Waals surface area contributed by atoms with Gasteiger partial charge in [-0.2, -0.15) is 0 Å². The summed E-state index contributed by atoms with van der Waals surface area (Å²) in [6.45, 7) is 3.83. The van der Waals surface area contributed by atoms with Gasteiger partial charge in [0.25, 0.3) is 0 Å². The molecule has 0 N–H and O–H groups in total. The highest BCUT2D eigenvalue weighted by atomic mass is 16.6. The van der Waals surface area contributed by atoms with Crippen LogP contribution in [0.15, 0.2) is 146 Å². The van der Waals surface area contributed by atoms with Gasteiger partial charge in [0.2, 0.25) is 0 Å². The second kappa shape index (κ2) is 21.9. The summed E-state index contributed by atoms with van der Waals surface area (Å²) in [6.07, 6.45) is -2.38. The number of hydrogen-bond donors (Lipinski definition) is 0. The van der Waals surface area contributed by atoms with E-state index in [0.29, 0.717) is 77.4 Å².